The van der Waals surface area contributed by atoms with Gasteiger partial charge in [-0.25, -0.2) is 0 Å². The minimum absolute atomic E-state index is 0. The van der Waals surface area contributed by atoms with E-state index < -0.39 is 11.9 Å². The smallest absolute Gasteiger partial charge is 0.306 e. The number of carbonyl (C=O) groups is 2. The van der Waals surface area contributed by atoms with Gasteiger partial charge in [-0.15, -0.1) is 0 Å². The molecule has 0 aliphatic carbocycles. The number of nitrogens with zero attached hydrogens (tertiary/aromatic N) is 4. The zero-order valence-electron chi connectivity index (χ0n) is 21.6. The number of rotatable bonds is 4. The molecule has 35 heavy (non-hydrogen) atoms. The van der Waals surface area contributed by atoms with Gasteiger partial charge in [-0.1, -0.05) is 0 Å². The average Bonchev–Trinajstić information content (AvgIpc) is 2.81. The first-order valence-electron chi connectivity index (χ1n) is 12.6. The van der Waals surface area contributed by atoms with Crippen molar-refractivity contribution in [2.45, 2.75) is 63.5 Å². The molecule has 0 amide bonds. The Morgan fingerprint density at radius 1 is 0.514 bits per heavy atom. The quantitative estimate of drug-likeness (QED) is 0.500. The van der Waals surface area contributed by atoms with Crippen LogP contribution in [0.15, 0.2) is 0 Å². The Morgan fingerprint density at radius 2 is 0.771 bits per heavy atom. The Morgan fingerprint density at radius 3 is 1.00 bits per heavy atom. The van der Waals surface area contributed by atoms with Gasteiger partial charge in [0.25, 0.3) is 0 Å². The third-order valence-corrected chi connectivity index (χ3v) is 8.17. The van der Waals surface area contributed by atoms with E-state index in [-0.39, 0.29) is 28.3 Å². The SMILES string of the molecule is CN1CCC(N2CCC(C(=O)O)CC2)CC1.CN1CCC(N2CCC(C(=O)O)CC2)CC1.O.O.O. The van der Waals surface area contributed by atoms with Crippen LogP contribution >= 0.6 is 0 Å². The number of hydrogen-bond acceptors (Lipinski definition) is 6. The molecule has 0 aromatic rings. The number of likely N-dealkylation sites (tertiary alicyclic amines) is 4. The van der Waals surface area contributed by atoms with Gasteiger partial charge in [0.1, 0.15) is 0 Å². The van der Waals surface area contributed by atoms with Crippen LogP contribution in [0.2, 0.25) is 0 Å². The summed E-state index contributed by atoms with van der Waals surface area (Å²) >= 11 is 0. The fourth-order valence-electron chi connectivity index (χ4n) is 5.74. The Labute approximate surface area is 210 Å². The van der Waals surface area contributed by atoms with Crippen LogP contribution in [-0.4, -0.2) is 137 Å². The highest BCUT2D eigenvalue weighted by atomic mass is 16.4. The molecule has 0 aromatic heterocycles. The Kier molecular flexibility index (Phi) is 15.8. The molecule has 0 aromatic carbocycles. The van der Waals surface area contributed by atoms with Crippen molar-refractivity contribution in [3.05, 3.63) is 0 Å². The maximum atomic E-state index is 10.9. The maximum absolute atomic E-state index is 10.9. The van der Waals surface area contributed by atoms with E-state index in [1.807, 2.05) is 0 Å². The lowest BCUT2D eigenvalue weighted by Crippen LogP contribution is -2.47. The summed E-state index contributed by atoms with van der Waals surface area (Å²) in [7, 11) is 4.35. The molecule has 0 atom stereocenters. The van der Waals surface area contributed by atoms with Gasteiger partial charge in [-0.2, -0.15) is 0 Å². The molecule has 4 fully saturated rings. The van der Waals surface area contributed by atoms with Crippen LogP contribution in [0.3, 0.4) is 0 Å². The summed E-state index contributed by atoms with van der Waals surface area (Å²) < 4.78 is 0. The van der Waals surface area contributed by atoms with Crippen molar-refractivity contribution in [2.75, 3.05) is 66.5 Å². The van der Waals surface area contributed by atoms with Crippen molar-refractivity contribution < 1.29 is 36.2 Å². The van der Waals surface area contributed by atoms with Gasteiger partial charge in [0.05, 0.1) is 11.8 Å². The molecule has 4 rings (SSSR count). The normalized spacial score (nSPS) is 24.7. The van der Waals surface area contributed by atoms with Crippen LogP contribution in [0.1, 0.15) is 51.4 Å². The Balaban J connectivity index is 0.000000608. The van der Waals surface area contributed by atoms with Gasteiger partial charge in [0.2, 0.25) is 0 Å². The first-order chi connectivity index (χ1) is 15.3. The highest BCUT2D eigenvalue weighted by Crippen LogP contribution is 2.24. The van der Waals surface area contributed by atoms with E-state index >= 15 is 0 Å². The third kappa shape index (κ3) is 10.3. The third-order valence-electron chi connectivity index (χ3n) is 8.17. The van der Waals surface area contributed by atoms with Crippen LogP contribution in [-0.2, 0) is 9.59 Å². The first kappa shape index (κ1) is 33.7. The summed E-state index contributed by atoms with van der Waals surface area (Å²) in [5.74, 6) is -1.41. The van der Waals surface area contributed by atoms with Gasteiger partial charge in [0, 0.05) is 12.1 Å². The van der Waals surface area contributed by atoms with Gasteiger partial charge < -0.3 is 46.2 Å². The fourth-order valence-corrected chi connectivity index (χ4v) is 5.74. The average molecular weight is 507 g/mol. The summed E-state index contributed by atoms with van der Waals surface area (Å²) in [4.78, 5) is 31.5. The highest BCUT2D eigenvalue weighted by Gasteiger charge is 2.31. The lowest BCUT2D eigenvalue weighted by molar-refractivity contribution is -0.144. The second-order valence-corrected chi connectivity index (χ2v) is 10.4. The first-order valence-corrected chi connectivity index (χ1v) is 12.6. The molecule has 208 valence electrons. The Hall–Kier alpha value is -1.34. The number of carboxylic acid groups (broad SMARTS) is 2. The summed E-state index contributed by atoms with van der Waals surface area (Å²) in [5, 5.41) is 17.9. The van der Waals surface area contributed by atoms with Crippen LogP contribution < -0.4 is 0 Å². The molecule has 0 spiro atoms. The number of hydrogen-bond donors (Lipinski definition) is 2. The standard InChI is InChI=1S/2C12H22N2O2.3H2O/c2*1-13-6-4-11(5-7-13)14-8-2-10(3-9-14)12(15)16;;;/h2*10-11H,2-9H2,1H3,(H,15,16);3*1H2. The maximum Gasteiger partial charge on any atom is 0.306 e. The second-order valence-electron chi connectivity index (χ2n) is 10.4. The largest absolute Gasteiger partial charge is 0.481 e. The zero-order valence-corrected chi connectivity index (χ0v) is 21.6. The van der Waals surface area contributed by atoms with Gasteiger partial charge >= 0.3 is 11.9 Å². The molecule has 0 bridgehead atoms. The highest BCUT2D eigenvalue weighted by molar-refractivity contribution is 5.70. The minimum atomic E-state index is -0.608. The van der Waals surface area contributed by atoms with Crippen LogP contribution in [0.5, 0.6) is 0 Å². The zero-order chi connectivity index (χ0) is 23.1. The predicted molar refractivity (Wildman–Crippen MR) is 136 cm³/mol. The van der Waals surface area contributed by atoms with Gasteiger partial charge in [0.15, 0.2) is 0 Å². The van der Waals surface area contributed by atoms with Crippen molar-refractivity contribution in [1.29, 1.82) is 0 Å². The van der Waals surface area contributed by atoms with E-state index in [0.29, 0.717) is 12.1 Å². The minimum Gasteiger partial charge on any atom is -0.481 e. The molecule has 4 saturated heterocycles. The summed E-state index contributed by atoms with van der Waals surface area (Å²) in [6, 6.07) is 1.40. The molecule has 4 aliphatic rings. The van der Waals surface area contributed by atoms with Crippen molar-refractivity contribution in [3.8, 4) is 0 Å². The molecule has 11 nitrogen and oxygen atoms in total. The van der Waals surface area contributed by atoms with Gasteiger partial charge in [-0.05, 0) is 118 Å². The Bertz CT molecular complexity index is 543. The van der Waals surface area contributed by atoms with E-state index in [0.717, 1.165) is 51.9 Å². The number of piperidine rings is 4. The summed E-state index contributed by atoms with van der Waals surface area (Å²) in [6.45, 7) is 8.65. The van der Waals surface area contributed by atoms with Crippen molar-refractivity contribution >= 4 is 11.9 Å². The van der Waals surface area contributed by atoms with E-state index in [9.17, 15) is 9.59 Å². The van der Waals surface area contributed by atoms with E-state index in [1.165, 1.54) is 51.9 Å². The molecule has 0 saturated carbocycles. The molecular formula is C24H50N4O7. The van der Waals surface area contributed by atoms with E-state index in [1.54, 1.807) is 0 Å². The fraction of sp³-hybridized carbons (Fsp3) is 0.917. The summed E-state index contributed by atoms with van der Waals surface area (Å²) in [5.41, 5.74) is 0. The van der Waals surface area contributed by atoms with E-state index in [4.69, 9.17) is 10.2 Å². The molecule has 4 aliphatic heterocycles. The van der Waals surface area contributed by atoms with Crippen molar-refractivity contribution in [1.82, 2.24) is 19.6 Å². The number of carboxylic acids is 2. The van der Waals surface area contributed by atoms with Crippen LogP contribution in [0.25, 0.3) is 0 Å². The molecule has 8 N–H and O–H groups in total. The monoisotopic (exact) mass is 506 g/mol. The van der Waals surface area contributed by atoms with Crippen molar-refractivity contribution in [2.24, 2.45) is 11.8 Å². The van der Waals surface area contributed by atoms with Crippen molar-refractivity contribution in [3.63, 3.8) is 0 Å². The second kappa shape index (κ2) is 16.4. The lowest BCUT2D eigenvalue weighted by atomic mass is 9.94. The van der Waals surface area contributed by atoms with Gasteiger partial charge in [-0.3, -0.25) is 9.59 Å². The molecular weight excluding hydrogens is 456 g/mol. The molecule has 0 unspecified atom stereocenters. The topological polar surface area (TPSA) is 182 Å². The van der Waals surface area contributed by atoms with Crippen LogP contribution in [0, 0.1) is 11.8 Å². The molecule has 4 heterocycles. The van der Waals surface area contributed by atoms with E-state index in [2.05, 4.69) is 33.7 Å². The predicted octanol–water partition coefficient (Wildman–Crippen LogP) is -0.720. The van der Waals surface area contributed by atoms with Crippen LogP contribution in [0.4, 0.5) is 0 Å². The molecule has 0 radical (unpaired) electrons. The lowest BCUT2D eigenvalue weighted by Gasteiger charge is -2.40. The number of aliphatic carboxylic acids is 2. The molecule has 11 heteroatoms. The summed E-state index contributed by atoms with van der Waals surface area (Å²) in [6.07, 6.45) is 8.32.